The predicted molar refractivity (Wildman–Crippen MR) is 82.3 cm³/mol. The zero-order valence-corrected chi connectivity index (χ0v) is 12.0. The van der Waals surface area contributed by atoms with E-state index < -0.39 is 0 Å². The van der Waals surface area contributed by atoms with Crippen molar-refractivity contribution in [2.24, 2.45) is 0 Å². The SMILES string of the molecule is CCc1cccc(C)c1NC(=O)c1cc(NC)ccn1. The molecule has 0 aliphatic carbocycles. The lowest BCUT2D eigenvalue weighted by Crippen LogP contribution is -2.16. The van der Waals surface area contributed by atoms with Gasteiger partial charge in [0.25, 0.3) is 5.91 Å². The highest BCUT2D eigenvalue weighted by Crippen LogP contribution is 2.21. The minimum Gasteiger partial charge on any atom is -0.388 e. The first-order chi connectivity index (χ1) is 9.65. The molecular weight excluding hydrogens is 250 g/mol. The van der Waals surface area contributed by atoms with Crippen LogP contribution in [0.4, 0.5) is 11.4 Å². The Morgan fingerprint density at radius 3 is 2.80 bits per heavy atom. The smallest absolute Gasteiger partial charge is 0.274 e. The summed E-state index contributed by atoms with van der Waals surface area (Å²) in [7, 11) is 1.81. The van der Waals surface area contributed by atoms with E-state index in [4.69, 9.17) is 0 Å². The Morgan fingerprint density at radius 1 is 1.30 bits per heavy atom. The van der Waals surface area contributed by atoms with Gasteiger partial charge < -0.3 is 10.6 Å². The van der Waals surface area contributed by atoms with Gasteiger partial charge in [0.1, 0.15) is 5.69 Å². The fourth-order valence-electron chi connectivity index (χ4n) is 2.09. The van der Waals surface area contributed by atoms with E-state index in [9.17, 15) is 4.79 Å². The van der Waals surface area contributed by atoms with Crippen LogP contribution in [-0.2, 0) is 6.42 Å². The van der Waals surface area contributed by atoms with Gasteiger partial charge in [-0.25, -0.2) is 0 Å². The van der Waals surface area contributed by atoms with Gasteiger partial charge in [0.2, 0.25) is 0 Å². The van der Waals surface area contributed by atoms with Crippen LogP contribution in [0.3, 0.4) is 0 Å². The summed E-state index contributed by atoms with van der Waals surface area (Å²) < 4.78 is 0. The summed E-state index contributed by atoms with van der Waals surface area (Å²) in [5, 5.41) is 5.97. The van der Waals surface area contributed by atoms with Gasteiger partial charge in [0.05, 0.1) is 0 Å². The van der Waals surface area contributed by atoms with Crippen molar-refractivity contribution in [3.8, 4) is 0 Å². The maximum absolute atomic E-state index is 12.3. The highest BCUT2D eigenvalue weighted by molar-refractivity contribution is 6.04. The number of para-hydroxylation sites is 1. The van der Waals surface area contributed by atoms with Crippen LogP contribution >= 0.6 is 0 Å². The van der Waals surface area contributed by atoms with Gasteiger partial charge in [-0.05, 0) is 36.6 Å². The van der Waals surface area contributed by atoms with Gasteiger partial charge in [-0.1, -0.05) is 25.1 Å². The number of aromatic nitrogens is 1. The molecule has 0 saturated heterocycles. The minimum absolute atomic E-state index is 0.189. The molecule has 4 heteroatoms. The van der Waals surface area contributed by atoms with Crippen molar-refractivity contribution < 1.29 is 4.79 Å². The summed E-state index contributed by atoms with van der Waals surface area (Å²) in [6.45, 7) is 4.07. The highest BCUT2D eigenvalue weighted by atomic mass is 16.1. The fraction of sp³-hybridized carbons (Fsp3) is 0.250. The first kappa shape index (κ1) is 14.1. The third-order valence-corrected chi connectivity index (χ3v) is 3.26. The van der Waals surface area contributed by atoms with E-state index in [1.807, 2.05) is 38.2 Å². The molecule has 0 spiro atoms. The van der Waals surface area contributed by atoms with E-state index in [1.165, 1.54) is 0 Å². The van der Waals surface area contributed by atoms with E-state index in [2.05, 4.69) is 22.5 Å². The molecule has 0 bridgehead atoms. The molecule has 0 aliphatic rings. The lowest BCUT2D eigenvalue weighted by atomic mass is 10.1. The summed E-state index contributed by atoms with van der Waals surface area (Å²) >= 11 is 0. The van der Waals surface area contributed by atoms with Crippen molar-refractivity contribution in [1.29, 1.82) is 0 Å². The molecule has 1 amide bonds. The average molecular weight is 269 g/mol. The average Bonchev–Trinajstić information content (AvgIpc) is 2.49. The Kier molecular flexibility index (Phi) is 4.35. The zero-order chi connectivity index (χ0) is 14.5. The molecule has 0 radical (unpaired) electrons. The number of anilines is 2. The van der Waals surface area contributed by atoms with Gasteiger partial charge in [-0.3, -0.25) is 9.78 Å². The van der Waals surface area contributed by atoms with Crippen LogP contribution in [0, 0.1) is 6.92 Å². The second-order valence-corrected chi connectivity index (χ2v) is 4.60. The first-order valence-corrected chi connectivity index (χ1v) is 6.69. The van der Waals surface area contributed by atoms with E-state index in [0.717, 1.165) is 28.9 Å². The number of amides is 1. The molecule has 4 nitrogen and oxygen atoms in total. The fourth-order valence-corrected chi connectivity index (χ4v) is 2.09. The number of benzene rings is 1. The van der Waals surface area contributed by atoms with Crippen molar-refractivity contribution >= 4 is 17.3 Å². The number of nitrogens with one attached hydrogen (secondary N) is 2. The molecule has 0 saturated carbocycles. The van der Waals surface area contributed by atoms with Crippen LogP contribution in [0.5, 0.6) is 0 Å². The monoisotopic (exact) mass is 269 g/mol. The molecule has 1 aromatic heterocycles. The standard InChI is InChI=1S/C16H19N3O/c1-4-12-7-5-6-11(2)15(12)19-16(20)14-10-13(17-3)8-9-18-14/h5-10H,4H2,1-3H3,(H,17,18)(H,19,20). The minimum atomic E-state index is -0.189. The Labute approximate surface area is 119 Å². The van der Waals surface area contributed by atoms with Crippen molar-refractivity contribution in [2.75, 3.05) is 17.7 Å². The van der Waals surface area contributed by atoms with E-state index in [1.54, 1.807) is 12.3 Å². The van der Waals surface area contributed by atoms with Crippen LogP contribution in [0.2, 0.25) is 0 Å². The summed E-state index contributed by atoms with van der Waals surface area (Å²) in [6, 6.07) is 9.58. The van der Waals surface area contributed by atoms with Crippen molar-refractivity contribution in [2.45, 2.75) is 20.3 Å². The molecule has 0 fully saturated rings. The first-order valence-electron chi connectivity index (χ1n) is 6.69. The molecule has 1 heterocycles. The molecule has 1 aromatic carbocycles. The van der Waals surface area contributed by atoms with Crippen molar-refractivity contribution in [3.05, 3.63) is 53.3 Å². The quantitative estimate of drug-likeness (QED) is 0.895. The predicted octanol–water partition coefficient (Wildman–Crippen LogP) is 3.25. The summed E-state index contributed by atoms with van der Waals surface area (Å²) in [6.07, 6.45) is 2.50. The molecule has 2 aromatic rings. The Bertz CT molecular complexity index is 623. The zero-order valence-electron chi connectivity index (χ0n) is 12.0. The Hall–Kier alpha value is -2.36. The molecule has 0 unspecified atom stereocenters. The normalized spacial score (nSPS) is 10.2. The Morgan fingerprint density at radius 2 is 2.10 bits per heavy atom. The maximum atomic E-state index is 12.3. The molecular formula is C16H19N3O. The highest BCUT2D eigenvalue weighted by Gasteiger charge is 2.12. The number of nitrogens with zero attached hydrogens (tertiary/aromatic N) is 1. The van der Waals surface area contributed by atoms with E-state index >= 15 is 0 Å². The lowest BCUT2D eigenvalue weighted by molar-refractivity contribution is 0.102. The van der Waals surface area contributed by atoms with Crippen LogP contribution < -0.4 is 10.6 Å². The summed E-state index contributed by atoms with van der Waals surface area (Å²) in [5.41, 5.74) is 4.34. The number of pyridine rings is 1. The van der Waals surface area contributed by atoms with Gasteiger partial charge in [-0.2, -0.15) is 0 Å². The van der Waals surface area contributed by atoms with Gasteiger partial charge in [0, 0.05) is 24.6 Å². The maximum Gasteiger partial charge on any atom is 0.274 e. The number of rotatable bonds is 4. The van der Waals surface area contributed by atoms with Crippen LogP contribution in [0.1, 0.15) is 28.5 Å². The molecule has 0 atom stereocenters. The van der Waals surface area contributed by atoms with Gasteiger partial charge >= 0.3 is 0 Å². The second-order valence-electron chi connectivity index (χ2n) is 4.60. The Balaban J connectivity index is 2.27. The third-order valence-electron chi connectivity index (χ3n) is 3.26. The molecule has 104 valence electrons. The van der Waals surface area contributed by atoms with Crippen molar-refractivity contribution in [3.63, 3.8) is 0 Å². The van der Waals surface area contributed by atoms with Crippen LogP contribution in [0.15, 0.2) is 36.5 Å². The molecule has 2 rings (SSSR count). The number of carbonyl (C=O) groups excluding carboxylic acids is 1. The largest absolute Gasteiger partial charge is 0.388 e. The van der Waals surface area contributed by atoms with Gasteiger partial charge in [-0.15, -0.1) is 0 Å². The summed E-state index contributed by atoms with van der Waals surface area (Å²) in [5.74, 6) is -0.189. The number of aryl methyl sites for hydroxylation is 2. The molecule has 0 aliphatic heterocycles. The van der Waals surface area contributed by atoms with E-state index in [-0.39, 0.29) is 5.91 Å². The van der Waals surface area contributed by atoms with Crippen LogP contribution in [-0.4, -0.2) is 17.9 Å². The number of hydrogen-bond donors (Lipinski definition) is 2. The van der Waals surface area contributed by atoms with Crippen LogP contribution in [0.25, 0.3) is 0 Å². The molecule has 2 N–H and O–H groups in total. The van der Waals surface area contributed by atoms with Gasteiger partial charge in [0.15, 0.2) is 0 Å². The topological polar surface area (TPSA) is 54.0 Å². The summed E-state index contributed by atoms with van der Waals surface area (Å²) in [4.78, 5) is 16.4. The third kappa shape index (κ3) is 2.96. The van der Waals surface area contributed by atoms with E-state index in [0.29, 0.717) is 5.69 Å². The lowest BCUT2D eigenvalue weighted by Gasteiger charge is -2.13. The number of hydrogen-bond acceptors (Lipinski definition) is 3. The molecule has 20 heavy (non-hydrogen) atoms. The number of carbonyl (C=O) groups is 1. The van der Waals surface area contributed by atoms with Crippen molar-refractivity contribution in [1.82, 2.24) is 4.98 Å². The second kappa shape index (κ2) is 6.19.